The third kappa shape index (κ3) is 3.70. The number of carbonyl (C=O) groups is 1. The van der Waals surface area contributed by atoms with Gasteiger partial charge in [0.15, 0.2) is 0 Å². The van der Waals surface area contributed by atoms with Crippen molar-refractivity contribution in [3.05, 3.63) is 68.2 Å². The molecule has 1 amide bonds. The second-order valence-corrected chi connectivity index (χ2v) is 6.49. The van der Waals surface area contributed by atoms with Crippen molar-refractivity contribution in [2.75, 3.05) is 31.1 Å². The van der Waals surface area contributed by atoms with Crippen molar-refractivity contribution in [2.45, 2.75) is 0 Å². The van der Waals surface area contributed by atoms with Crippen LogP contribution in [-0.4, -0.2) is 41.9 Å². The second kappa shape index (κ2) is 7.29. The molecule has 1 aliphatic rings. The maximum atomic E-state index is 12.7. The standard InChI is InChI=1S/C17H15Cl2N3O3/c18-12-5-6-13(16(11-12)22(24)25)17(23)21-9-7-20(8-10-21)15-4-2-1-3-14(15)19/h1-6,11H,7-10H2. The molecule has 1 fully saturated rings. The Morgan fingerprint density at radius 1 is 1.04 bits per heavy atom. The van der Waals surface area contributed by atoms with Gasteiger partial charge in [-0.1, -0.05) is 35.3 Å². The Labute approximate surface area is 154 Å². The Kier molecular flexibility index (Phi) is 5.11. The number of nitro groups is 1. The lowest BCUT2D eigenvalue weighted by Gasteiger charge is -2.36. The van der Waals surface area contributed by atoms with E-state index in [0.717, 1.165) is 5.69 Å². The first-order valence-corrected chi connectivity index (χ1v) is 8.45. The average molecular weight is 380 g/mol. The molecule has 0 bridgehead atoms. The molecule has 0 radical (unpaired) electrons. The normalized spacial score (nSPS) is 14.5. The first kappa shape index (κ1) is 17.5. The topological polar surface area (TPSA) is 66.7 Å². The minimum atomic E-state index is -0.584. The molecule has 0 aromatic heterocycles. The van der Waals surface area contributed by atoms with E-state index >= 15 is 0 Å². The molecule has 3 rings (SSSR count). The van der Waals surface area contributed by atoms with Crippen molar-refractivity contribution >= 4 is 40.5 Å². The summed E-state index contributed by atoms with van der Waals surface area (Å²) in [5.41, 5.74) is 0.709. The molecule has 0 unspecified atom stereocenters. The molecular weight excluding hydrogens is 365 g/mol. The molecule has 0 aliphatic carbocycles. The van der Waals surface area contributed by atoms with Crippen LogP contribution in [0.25, 0.3) is 0 Å². The summed E-state index contributed by atoms with van der Waals surface area (Å²) in [5, 5.41) is 12.1. The lowest BCUT2D eigenvalue weighted by atomic mass is 10.1. The molecule has 6 nitrogen and oxygen atoms in total. The van der Waals surface area contributed by atoms with Gasteiger partial charge < -0.3 is 9.80 Å². The van der Waals surface area contributed by atoms with E-state index in [1.807, 2.05) is 24.3 Å². The van der Waals surface area contributed by atoms with Gasteiger partial charge in [0, 0.05) is 37.3 Å². The van der Waals surface area contributed by atoms with Crippen molar-refractivity contribution in [1.82, 2.24) is 4.90 Å². The van der Waals surface area contributed by atoms with E-state index < -0.39 is 4.92 Å². The van der Waals surface area contributed by atoms with Crippen molar-refractivity contribution < 1.29 is 9.72 Å². The number of nitrogens with zero attached hydrogens (tertiary/aromatic N) is 3. The van der Waals surface area contributed by atoms with E-state index in [-0.39, 0.29) is 22.2 Å². The highest BCUT2D eigenvalue weighted by Gasteiger charge is 2.28. The van der Waals surface area contributed by atoms with Crippen LogP contribution in [-0.2, 0) is 0 Å². The highest BCUT2D eigenvalue weighted by atomic mass is 35.5. The fourth-order valence-electron chi connectivity index (χ4n) is 2.87. The van der Waals surface area contributed by atoms with E-state index in [4.69, 9.17) is 23.2 Å². The largest absolute Gasteiger partial charge is 0.367 e. The van der Waals surface area contributed by atoms with Gasteiger partial charge in [-0.3, -0.25) is 14.9 Å². The smallest absolute Gasteiger partial charge is 0.283 e. The maximum Gasteiger partial charge on any atom is 0.283 e. The van der Waals surface area contributed by atoms with Crippen LogP contribution in [0.1, 0.15) is 10.4 Å². The lowest BCUT2D eigenvalue weighted by molar-refractivity contribution is -0.385. The Hall–Kier alpha value is -2.31. The molecule has 0 saturated carbocycles. The lowest BCUT2D eigenvalue weighted by Crippen LogP contribution is -2.49. The van der Waals surface area contributed by atoms with Crippen LogP contribution in [0, 0.1) is 10.1 Å². The van der Waals surface area contributed by atoms with Crippen molar-refractivity contribution in [3.8, 4) is 0 Å². The zero-order valence-corrected chi connectivity index (χ0v) is 14.7. The van der Waals surface area contributed by atoms with E-state index in [1.165, 1.54) is 18.2 Å². The third-order valence-corrected chi connectivity index (χ3v) is 4.70. The molecule has 2 aromatic carbocycles. The fraction of sp³-hybridized carbons (Fsp3) is 0.235. The van der Waals surface area contributed by atoms with Crippen molar-refractivity contribution in [1.29, 1.82) is 0 Å². The fourth-order valence-corrected chi connectivity index (χ4v) is 3.29. The molecule has 1 saturated heterocycles. The molecule has 1 heterocycles. The number of amides is 1. The van der Waals surface area contributed by atoms with Crippen LogP contribution in [0.15, 0.2) is 42.5 Å². The van der Waals surface area contributed by atoms with Crippen molar-refractivity contribution in [2.24, 2.45) is 0 Å². The number of nitro benzene ring substituents is 1. The van der Waals surface area contributed by atoms with Crippen LogP contribution < -0.4 is 4.90 Å². The predicted octanol–water partition coefficient (Wildman–Crippen LogP) is 3.86. The van der Waals surface area contributed by atoms with Gasteiger partial charge in [-0.15, -0.1) is 0 Å². The highest BCUT2D eigenvalue weighted by Crippen LogP contribution is 2.28. The number of rotatable bonds is 3. The molecule has 8 heteroatoms. The van der Waals surface area contributed by atoms with Gasteiger partial charge in [0.25, 0.3) is 11.6 Å². The SMILES string of the molecule is O=C(c1ccc(Cl)cc1[N+](=O)[O-])N1CCN(c2ccccc2Cl)CC1. The summed E-state index contributed by atoms with van der Waals surface area (Å²) in [5.74, 6) is -0.359. The number of piperazine rings is 1. The summed E-state index contributed by atoms with van der Waals surface area (Å²) in [6, 6.07) is 11.6. The number of hydrogen-bond donors (Lipinski definition) is 0. The Balaban J connectivity index is 1.74. The number of halogens is 2. The number of anilines is 1. The zero-order valence-electron chi connectivity index (χ0n) is 13.2. The molecule has 25 heavy (non-hydrogen) atoms. The summed E-state index contributed by atoms with van der Waals surface area (Å²) in [6.45, 7) is 2.14. The molecular formula is C17H15Cl2N3O3. The number of benzene rings is 2. The van der Waals surface area contributed by atoms with E-state index in [9.17, 15) is 14.9 Å². The summed E-state index contributed by atoms with van der Waals surface area (Å²) >= 11 is 12.0. The van der Waals surface area contributed by atoms with Crippen LogP contribution in [0.4, 0.5) is 11.4 Å². The summed E-state index contributed by atoms with van der Waals surface area (Å²) in [6.07, 6.45) is 0. The molecule has 0 atom stereocenters. The van der Waals surface area contributed by atoms with Crippen molar-refractivity contribution in [3.63, 3.8) is 0 Å². The van der Waals surface area contributed by atoms with Gasteiger partial charge in [0.1, 0.15) is 5.56 Å². The van der Waals surface area contributed by atoms with Crippen LogP contribution in [0.2, 0.25) is 10.0 Å². The number of hydrogen-bond acceptors (Lipinski definition) is 4. The van der Waals surface area contributed by atoms with E-state index in [0.29, 0.717) is 31.2 Å². The minimum absolute atomic E-state index is 0.0561. The summed E-state index contributed by atoms with van der Waals surface area (Å²) in [4.78, 5) is 27.0. The highest BCUT2D eigenvalue weighted by molar-refractivity contribution is 6.33. The summed E-state index contributed by atoms with van der Waals surface area (Å²) in [7, 11) is 0. The van der Waals surface area contributed by atoms with Crippen LogP contribution >= 0.6 is 23.2 Å². The molecule has 130 valence electrons. The molecule has 1 aliphatic heterocycles. The van der Waals surface area contributed by atoms with Gasteiger partial charge in [-0.05, 0) is 24.3 Å². The van der Waals surface area contributed by atoms with Gasteiger partial charge in [-0.25, -0.2) is 0 Å². The quantitative estimate of drug-likeness (QED) is 0.599. The predicted molar refractivity (Wildman–Crippen MR) is 97.7 cm³/mol. The molecule has 0 spiro atoms. The van der Waals surface area contributed by atoms with E-state index in [2.05, 4.69) is 4.90 Å². The van der Waals surface area contributed by atoms with Gasteiger partial charge in [0.2, 0.25) is 0 Å². The second-order valence-electron chi connectivity index (χ2n) is 5.65. The first-order chi connectivity index (χ1) is 12.0. The Morgan fingerprint density at radius 2 is 1.72 bits per heavy atom. The molecule has 2 aromatic rings. The van der Waals surface area contributed by atoms with Gasteiger partial charge in [-0.2, -0.15) is 0 Å². The van der Waals surface area contributed by atoms with E-state index in [1.54, 1.807) is 4.90 Å². The molecule has 0 N–H and O–H groups in total. The van der Waals surface area contributed by atoms with Gasteiger partial charge >= 0.3 is 0 Å². The average Bonchev–Trinajstić information content (AvgIpc) is 2.61. The Morgan fingerprint density at radius 3 is 2.36 bits per heavy atom. The maximum absolute atomic E-state index is 12.7. The Bertz CT molecular complexity index is 821. The van der Waals surface area contributed by atoms with Crippen LogP contribution in [0.3, 0.4) is 0 Å². The minimum Gasteiger partial charge on any atom is -0.367 e. The van der Waals surface area contributed by atoms with Crippen LogP contribution in [0.5, 0.6) is 0 Å². The number of carbonyl (C=O) groups excluding carboxylic acids is 1. The number of para-hydroxylation sites is 1. The first-order valence-electron chi connectivity index (χ1n) is 7.70. The monoisotopic (exact) mass is 379 g/mol. The summed E-state index contributed by atoms with van der Waals surface area (Å²) < 4.78 is 0. The third-order valence-electron chi connectivity index (χ3n) is 4.15. The van der Waals surface area contributed by atoms with Gasteiger partial charge in [0.05, 0.1) is 15.6 Å². The zero-order chi connectivity index (χ0) is 18.0.